The molecule has 1 rings (SSSR count). The zero-order chi connectivity index (χ0) is 12.0. The fourth-order valence-electron chi connectivity index (χ4n) is 1.57. The van der Waals surface area contributed by atoms with Gasteiger partial charge in [-0.2, -0.15) is 0 Å². The number of rotatable bonds is 9. The maximum atomic E-state index is 6.01. The van der Waals surface area contributed by atoms with Crippen LogP contribution in [0.25, 0.3) is 0 Å². The molecule has 1 aliphatic carbocycles. The van der Waals surface area contributed by atoms with E-state index in [0.717, 1.165) is 38.6 Å². The Labute approximate surface area is 100 Å². The normalized spacial score (nSPS) is 18.4. The van der Waals surface area contributed by atoms with Crippen molar-refractivity contribution in [3.8, 4) is 0 Å². The van der Waals surface area contributed by atoms with Crippen molar-refractivity contribution >= 4 is 0 Å². The van der Waals surface area contributed by atoms with E-state index in [2.05, 4.69) is 25.8 Å². The molecule has 3 heteroatoms. The first-order chi connectivity index (χ1) is 7.59. The predicted octanol–water partition coefficient (Wildman–Crippen LogP) is 1.72. The van der Waals surface area contributed by atoms with Gasteiger partial charge in [0, 0.05) is 19.2 Å². The Balaban J connectivity index is 1.90. The molecule has 1 aliphatic rings. The Kier molecular flexibility index (Phi) is 6.32. The summed E-state index contributed by atoms with van der Waals surface area (Å²) >= 11 is 0. The SMILES string of the molecule is CC(C)C(N)CCN(C)CCOCC1CC1. The van der Waals surface area contributed by atoms with E-state index in [9.17, 15) is 0 Å². The van der Waals surface area contributed by atoms with E-state index >= 15 is 0 Å². The average molecular weight is 228 g/mol. The molecule has 2 N–H and O–H groups in total. The molecule has 3 nitrogen and oxygen atoms in total. The molecule has 0 spiro atoms. The van der Waals surface area contributed by atoms with E-state index in [4.69, 9.17) is 10.5 Å². The number of likely N-dealkylation sites (N-methyl/N-ethyl adjacent to an activating group) is 1. The Hall–Kier alpha value is -0.120. The standard InChI is InChI=1S/C13H28N2O/c1-11(2)13(14)6-7-15(3)8-9-16-10-12-4-5-12/h11-13H,4-10,14H2,1-3H3. The highest BCUT2D eigenvalue weighted by Gasteiger charge is 2.20. The summed E-state index contributed by atoms with van der Waals surface area (Å²) in [7, 11) is 2.15. The molecule has 0 saturated heterocycles. The summed E-state index contributed by atoms with van der Waals surface area (Å²) < 4.78 is 5.61. The van der Waals surface area contributed by atoms with Crippen molar-refractivity contribution in [2.24, 2.45) is 17.6 Å². The minimum absolute atomic E-state index is 0.329. The first kappa shape index (κ1) is 13.9. The lowest BCUT2D eigenvalue weighted by Gasteiger charge is -2.21. The lowest BCUT2D eigenvalue weighted by atomic mass is 10.0. The van der Waals surface area contributed by atoms with Gasteiger partial charge in [0.2, 0.25) is 0 Å². The topological polar surface area (TPSA) is 38.5 Å². The van der Waals surface area contributed by atoms with E-state index in [0.29, 0.717) is 12.0 Å². The molecule has 1 unspecified atom stereocenters. The largest absolute Gasteiger partial charge is 0.380 e. The lowest BCUT2D eigenvalue weighted by molar-refractivity contribution is 0.102. The monoisotopic (exact) mass is 228 g/mol. The van der Waals surface area contributed by atoms with Gasteiger partial charge >= 0.3 is 0 Å². The molecule has 16 heavy (non-hydrogen) atoms. The maximum absolute atomic E-state index is 6.01. The lowest BCUT2D eigenvalue weighted by Crippen LogP contribution is -2.33. The van der Waals surface area contributed by atoms with Crippen molar-refractivity contribution in [1.82, 2.24) is 4.90 Å². The molecule has 0 aromatic carbocycles. The smallest absolute Gasteiger partial charge is 0.0593 e. The third-order valence-corrected chi connectivity index (χ3v) is 3.37. The molecule has 1 atom stereocenters. The van der Waals surface area contributed by atoms with Crippen molar-refractivity contribution in [2.45, 2.75) is 39.2 Å². The van der Waals surface area contributed by atoms with Crippen LogP contribution in [0.4, 0.5) is 0 Å². The molecular weight excluding hydrogens is 200 g/mol. The number of hydrogen-bond donors (Lipinski definition) is 1. The number of nitrogens with zero attached hydrogens (tertiary/aromatic N) is 1. The van der Waals surface area contributed by atoms with Crippen LogP contribution in [0, 0.1) is 11.8 Å². The first-order valence-electron chi connectivity index (χ1n) is 6.61. The van der Waals surface area contributed by atoms with Crippen molar-refractivity contribution in [3.63, 3.8) is 0 Å². The molecule has 0 aromatic heterocycles. The molecule has 0 heterocycles. The van der Waals surface area contributed by atoms with Crippen LogP contribution in [-0.2, 0) is 4.74 Å². The minimum Gasteiger partial charge on any atom is -0.380 e. The molecule has 0 amide bonds. The van der Waals surface area contributed by atoms with Gasteiger partial charge in [-0.1, -0.05) is 13.8 Å². The summed E-state index contributed by atoms with van der Waals surface area (Å²) in [4.78, 5) is 2.31. The highest BCUT2D eigenvalue weighted by Crippen LogP contribution is 2.28. The van der Waals surface area contributed by atoms with Crippen LogP contribution in [0.3, 0.4) is 0 Å². The maximum Gasteiger partial charge on any atom is 0.0593 e. The molecular formula is C13H28N2O. The Morgan fingerprint density at radius 2 is 2.00 bits per heavy atom. The predicted molar refractivity (Wildman–Crippen MR) is 68.5 cm³/mol. The van der Waals surface area contributed by atoms with Gasteiger partial charge in [-0.15, -0.1) is 0 Å². The molecule has 96 valence electrons. The van der Waals surface area contributed by atoms with Crippen molar-refractivity contribution in [2.75, 3.05) is 33.4 Å². The molecule has 1 saturated carbocycles. The van der Waals surface area contributed by atoms with Gasteiger partial charge in [0.15, 0.2) is 0 Å². The van der Waals surface area contributed by atoms with Crippen molar-refractivity contribution < 1.29 is 4.74 Å². The molecule has 0 bridgehead atoms. The van der Waals surface area contributed by atoms with Gasteiger partial charge in [0.25, 0.3) is 0 Å². The number of ether oxygens (including phenoxy) is 1. The zero-order valence-electron chi connectivity index (χ0n) is 11.1. The summed E-state index contributed by atoms with van der Waals surface area (Å²) in [5, 5.41) is 0. The average Bonchev–Trinajstić information content (AvgIpc) is 3.04. The van der Waals surface area contributed by atoms with Crippen molar-refractivity contribution in [1.29, 1.82) is 0 Å². The van der Waals surface area contributed by atoms with Gasteiger partial charge in [-0.25, -0.2) is 0 Å². The summed E-state index contributed by atoms with van der Waals surface area (Å²) in [5.41, 5.74) is 6.01. The van der Waals surface area contributed by atoms with E-state index in [1.54, 1.807) is 0 Å². The quantitative estimate of drug-likeness (QED) is 0.611. The van der Waals surface area contributed by atoms with Crippen LogP contribution in [0.5, 0.6) is 0 Å². The molecule has 0 radical (unpaired) electrons. The third kappa shape index (κ3) is 6.46. The van der Waals surface area contributed by atoms with Crippen LogP contribution < -0.4 is 5.73 Å². The van der Waals surface area contributed by atoms with E-state index in [1.807, 2.05) is 0 Å². The highest BCUT2D eigenvalue weighted by atomic mass is 16.5. The second-order valence-corrected chi connectivity index (χ2v) is 5.52. The zero-order valence-corrected chi connectivity index (χ0v) is 11.1. The van der Waals surface area contributed by atoms with Crippen LogP contribution in [-0.4, -0.2) is 44.3 Å². The Morgan fingerprint density at radius 3 is 2.56 bits per heavy atom. The number of hydrogen-bond acceptors (Lipinski definition) is 3. The summed E-state index contributed by atoms with van der Waals surface area (Å²) in [6, 6.07) is 0.329. The fraction of sp³-hybridized carbons (Fsp3) is 1.00. The van der Waals surface area contributed by atoms with Crippen LogP contribution in [0.1, 0.15) is 33.1 Å². The second kappa shape index (κ2) is 7.25. The van der Waals surface area contributed by atoms with Gasteiger partial charge in [-0.05, 0) is 44.7 Å². The first-order valence-corrected chi connectivity index (χ1v) is 6.61. The van der Waals surface area contributed by atoms with Crippen LogP contribution >= 0.6 is 0 Å². The second-order valence-electron chi connectivity index (χ2n) is 5.52. The van der Waals surface area contributed by atoms with Crippen LogP contribution in [0.2, 0.25) is 0 Å². The van der Waals surface area contributed by atoms with Gasteiger partial charge in [0.05, 0.1) is 6.61 Å². The third-order valence-electron chi connectivity index (χ3n) is 3.37. The number of nitrogens with two attached hydrogens (primary N) is 1. The molecule has 0 aliphatic heterocycles. The fourth-order valence-corrected chi connectivity index (χ4v) is 1.57. The van der Waals surface area contributed by atoms with Gasteiger partial charge in [-0.3, -0.25) is 0 Å². The minimum atomic E-state index is 0.329. The van der Waals surface area contributed by atoms with Gasteiger partial charge < -0.3 is 15.4 Å². The van der Waals surface area contributed by atoms with Crippen molar-refractivity contribution in [3.05, 3.63) is 0 Å². The molecule has 1 fully saturated rings. The molecule has 0 aromatic rings. The Morgan fingerprint density at radius 1 is 1.31 bits per heavy atom. The summed E-state index contributed by atoms with van der Waals surface area (Å²) in [6.07, 6.45) is 3.83. The van der Waals surface area contributed by atoms with E-state index in [-0.39, 0.29) is 0 Å². The van der Waals surface area contributed by atoms with Crippen LogP contribution in [0.15, 0.2) is 0 Å². The van der Waals surface area contributed by atoms with E-state index < -0.39 is 0 Å². The summed E-state index contributed by atoms with van der Waals surface area (Å²) in [6.45, 7) is 8.31. The van der Waals surface area contributed by atoms with Gasteiger partial charge in [0.1, 0.15) is 0 Å². The Bertz CT molecular complexity index is 181. The van der Waals surface area contributed by atoms with E-state index in [1.165, 1.54) is 12.8 Å². The summed E-state index contributed by atoms with van der Waals surface area (Å²) in [5.74, 6) is 1.46. The highest BCUT2D eigenvalue weighted by molar-refractivity contribution is 4.72.